The van der Waals surface area contributed by atoms with Crippen molar-refractivity contribution in [3.63, 3.8) is 0 Å². The lowest BCUT2D eigenvalue weighted by Gasteiger charge is -2.22. The molecule has 0 bridgehead atoms. The van der Waals surface area contributed by atoms with Crippen LogP contribution in [0, 0.1) is 35.0 Å². The smallest absolute Gasteiger partial charge is 0.241 e. The van der Waals surface area contributed by atoms with Crippen molar-refractivity contribution in [2.75, 3.05) is 58.9 Å². The van der Waals surface area contributed by atoms with Crippen LogP contribution in [0.2, 0.25) is 0 Å². The van der Waals surface area contributed by atoms with Crippen molar-refractivity contribution >= 4 is 31.0 Å². The molecule has 13 nitrogen and oxygen atoms in total. The highest BCUT2D eigenvalue weighted by atomic mass is 16.5. The fourth-order valence-corrected chi connectivity index (χ4v) is 4.90. The Morgan fingerprint density at radius 1 is 1.09 bits per heavy atom. The molecule has 3 N–H and O–H groups in total. The number of amides is 4. The van der Waals surface area contributed by atoms with Gasteiger partial charge in [0.1, 0.15) is 6.04 Å². The van der Waals surface area contributed by atoms with Crippen molar-refractivity contribution in [3.8, 4) is 11.8 Å². The third-order valence-corrected chi connectivity index (χ3v) is 6.97. The summed E-state index contributed by atoms with van der Waals surface area (Å²) in [5, 5.41) is 22.2. The number of pyridine rings is 1. The second-order valence-electron chi connectivity index (χ2n) is 11.7. The third kappa shape index (κ3) is 18.6. The highest BCUT2D eigenvalue weighted by Gasteiger charge is 2.36. The maximum absolute atomic E-state index is 11.7. The first-order valence-electron chi connectivity index (χ1n) is 15.5. The Labute approximate surface area is 268 Å². The third-order valence-electron chi connectivity index (χ3n) is 6.97. The molecule has 0 aromatic carbocycles. The zero-order valence-corrected chi connectivity index (χ0v) is 27.8. The van der Waals surface area contributed by atoms with Gasteiger partial charge in [-0.3, -0.25) is 19.2 Å². The van der Waals surface area contributed by atoms with E-state index in [0.717, 1.165) is 50.2 Å². The predicted molar refractivity (Wildman–Crippen MR) is 172 cm³/mol. The molecule has 0 radical (unpaired) electrons. The van der Waals surface area contributed by atoms with Gasteiger partial charge in [0, 0.05) is 40.1 Å². The summed E-state index contributed by atoms with van der Waals surface area (Å²) in [5.74, 6) is 2.97. The molecule has 3 fully saturated rings. The Hall–Kier alpha value is -3.76. The lowest BCUT2D eigenvalue weighted by Crippen LogP contribution is -2.36. The first kappa shape index (κ1) is 41.2. The van der Waals surface area contributed by atoms with Crippen LogP contribution in [0.4, 0.5) is 5.82 Å². The summed E-state index contributed by atoms with van der Waals surface area (Å²) in [5.41, 5.74) is 0. The van der Waals surface area contributed by atoms with Crippen molar-refractivity contribution in [2.24, 2.45) is 23.7 Å². The summed E-state index contributed by atoms with van der Waals surface area (Å²) < 4.78 is 9.31. The summed E-state index contributed by atoms with van der Waals surface area (Å²) in [6, 6.07) is 4.93. The van der Waals surface area contributed by atoms with Gasteiger partial charge in [0.15, 0.2) is 11.6 Å². The normalized spacial score (nSPS) is 20.9. The summed E-state index contributed by atoms with van der Waals surface area (Å²) in [6.45, 7) is 12.6. The molecule has 3 aliphatic rings. The number of nitrogens with zero attached hydrogens (tertiary/aromatic N) is 4. The molecule has 3 unspecified atom stereocenters. The molecule has 2 aliphatic heterocycles. The van der Waals surface area contributed by atoms with Crippen LogP contribution < -0.4 is 10.6 Å². The average molecular weight is 635 g/mol. The monoisotopic (exact) mass is 634 g/mol. The van der Waals surface area contributed by atoms with Gasteiger partial charge >= 0.3 is 0 Å². The van der Waals surface area contributed by atoms with Gasteiger partial charge in [0.05, 0.1) is 25.8 Å². The SMILES string of the molecule is CC(C)C.CC1C[C@@H](C#N)N(C=O)C1.COCCOC.O=CNCC(=O)N1CC2CCCCC2C1.O=CNc1ncccc1O. The van der Waals surface area contributed by atoms with E-state index in [0.29, 0.717) is 32.0 Å². The summed E-state index contributed by atoms with van der Waals surface area (Å²) >= 11 is 0. The van der Waals surface area contributed by atoms with Crippen LogP contribution in [0.5, 0.6) is 5.75 Å². The number of nitriles is 1. The van der Waals surface area contributed by atoms with E-state index in [9.17, 15) is 19.2 Å². The second kappa shape index (κ2) is 25.6. The largest absolute Gasteiger partial charge is 0.504 e. The topological polar surface area (TPSA) is 174 Å². The van der Waals surface area contributed by atoms with E-state index < -0.39 is 0 Å². The summed E-state index contributed by atoms with van der Waals surface area (Å²) in [4.78, 5) is 49.1. The summed E-state index contributed by atoms with van der Waals surface area (Å²) in [6.07, 6.45) is 9.29. The van der Waals surface area contributed by atoms with Gasteiger partial charge in [0.25, 0.3) is 0 Å². The first-order chi connectivity index (χ1) is 21.6. The average Bonchev–Trinajstić information content (AvgIpc) is 3.64. The van der Waals surface area contributed by atoms with Gasteiger partial charge in [0.2, 0.25) is 25.1 Å². The second-order valence-corrected chi connectivity index (χ2v) is 11.7. The molecule has 4 atom stereocenters. The standard InChI is InChI=1S/C11H18N2O2.C7H10N2O.C6H6N2O2.C4H10O2.C4H10/c14-8-12-5-11(15)13-6-9-3-1-2-4-10(9)7-13;1-6-2-7(3-8)9(4-6)5-10;9-4-8-6-5(10)2-1-3-7-6;1-5-3-4-6-2;1-4(2)3/h8-10H,1-7H2,(H,12,14);5-7H,2,4H2,1H3;1-4,10H,(H,7,8,9);3-4H2,1-2H3;4H,1-3H3/t;6?,7-;;;/m.0.../s1. The molecule has 1 saturated carbocycles. The fourth-order valence-electron chi connectivity index (χ4n) is 4.90. The molecule has 4 rings (SSSR count). The first-order valence-corrected chi connectivity index (χ1v) is 15.5. The zero-order chi connectivity index (χ0) is 34.0. The highest BCUT2D eigenvalue weighted by Crippen LogP contribution is 2.35. The molecular weight excluding hydrogens is 580 g/mol. The number of carbonyl (C=O) groups excluding carboxylic acids is 4. The molecule has 2 saturated heterocycles. The minimum Gasteiger partial charge on any atom is -0.504 e. The lowest BCUT2D eigenvalue weighted by atomic mass is 9.82. The lowest BCUT2D eigenvalue weighted by molar-refractivity contribution is -0.130. The van der Waals surface area contributed by atoms with Gasteiger partial charge in [-0.05, 0) is 55.1 Å². The maximum atomic E-state index is 11.7. The number of hydrogen-bond acceptors (Lipinski definition) is 9. The zero-order valence-electron chi connectivity index (χ0n) is 27.8. The van der Waals surface area contributed by atoms with Crippen LogP contribution in [0.25, 0.3) is 0 Å². The van der Waals surface area contributed by atoms with E-state index >= 15 is 0 Å². The van der Waals surface area contributed by atoms with Crippen molar-refractivity contribution in [1.29, 1.82) is 5.26 Å². The van der Waals surface area contributed by atoms with Crippen molar-refractivity contribution in [2.45, 2.75) is 65.8 Å². The number of carbonyl (C=O) groups is 4. The van der Waals surface area contributed by atoms with Crippen LogP contribution >= 0.6 is 0 Å². The minimum atomic E-state index is -0.174. The fraction of sp³-hybridized carbons (Fsp3) is 0.688. The number of anilines is 1. The van der Waals surface area contributed by atoms with E-state index in [1.165, 1.54) is 37.9 Å². The Morgan fingerprint density at radius 2 is 1.67 bits per heavy atom. The van der Waals surface area contributed by atoms with Crippen molar-refractivity contribution in [1.82, 2.24) is 20.1 Å². The maximum Gasteiger partial charge on any atom is 0.241 e. The molecule has 254 valence electrons. The van der Waals surface area contributed by atoms with Crippen LogP contribution in [0.1, 0.15) is 59.8 Å². The van der Waals surface area contributed by atoms with Crippen LogP contribution in [0.3, 0.4) is 0 Å². The van der Waals surface area contributed by atoms with E-state index in [1.54, 1.807) is 25.2 Å². The number of rotatable bonds is 9. The van der Waals surface area contributed by atoms with E-state index in [2.05, 4.69) is 51.9 Å². The number of nitrogens with one attached hydrogen (secondary N) is 2. The molecule has 45 heavy (non-hydrogen) atoms. The number of fused-ring (bicyclic) bond motifs is 1. The quantitative estimate of drug-likeness (QED) is 0.272. The van der Waals surface area contributed by atoms with Crippen LogP contribution in [-0.2, 0) is 28.7 Å². The Morgan fingerprint density at radius 3 is 2.09 bits per heavy atom. The highest BCUT2D eigenvalue weighted by molar-refractivity contribution is 5.80. The van der Waals surface area contributed by atoms with Crippen molar-refractivity contribution in [3.05, 3.63) is 18.3 Å². The van der Waals surface area contributed by atoms with Gasteiger partial charge in [-0.1, -0.05) is 40.5 Å². The van der Waals surface area contributed by atoms with E-state index in [1.807, 2.05) is 11.8 Å². The van der Waals surface area contributed by atoms with Gasteiger partial charge in [-0.15, -0.1) is 0 Å². The molecule has 1 aromatic rings. The van der Waals surface area contributed by atoms with Crippen molar-refractivity contribution < 1.29 is 33.8 Å². The molecule has 3 heterocycles. The number of likely N-dealkylation sites (tertiary alicyclic amines) is 2. The molecule has 4 amide bonds. The number of aromatic hydroxyl groups is 1. The summed E-state index contributed by atoms with van der Waals surface area (Å²) in [7, 11) is 3.30. The van der Waals surface area contributed by atoms with Gasteiger partial charge in [-0.25, -0.2) is 4.98 Å². The molecule has 13 heteroatoms. The van der Waals surface area contributed by atoms with E-state index in [-0.39, 0.29) is 30.1 Å². The molecular formula is C32H54N6O7. The predicted octanol–water partition coefficient (Wildman–Crippen LogP) is 3.05. The number of methoxy groups -OCH3 is 2. The molecule has 1 aromatic heterocycles. The van der Waals surface area contributed by atoms with Gasteiger partial charge in [-0.2, -0.15) is 5.26 Å². The number of aromatic nitrogens is 1. The Bertz CT molecular complexity index is 986. The number of ether oxygens (including phenoxy) is 2. The van der Waals surface area contributed by atoms with E-state index in [4.69, 9.17) is 10.4 Å². The Balaban J connectivity index is 0.000000575. The molecule has 0 spiro atoms. The molecule has 1 aliphatic carbocycles. The van der Waals surface area contributed by atoms with Gasteiger partial charge < -0.3 is 35.0 Å². The van der Waals surface area contributed by atoms with Crippen LogP contribution in [-0.4, -0.2) is 105 Å². The number of hydrogen-bond donors (Lipinski definition) is 3. The van der Waals surface area contributed by atoms with Crippen LogP contribution in [0.15, 0.2) is 18.3 Å². The Kier molecular flexibility index (Phi) is 23.4. The minimum absolute atomic E-state index is 0.0328.